The summed E-state index contributed by atoms with van der Waals surface area (Å²) < 4.78 is 0. The van der Waals surface area contributed by atoms with E-state index in [4.69, 9.17) is 5.73 Å². The minimum atomic E-state index is -0.558. The third-order valence-electron chi connectivity index (χ3n) is 2.88. The molecule has 0 saturated carbocycles. The second-order valence-corrected chi connectivity index (χ2v) is 4.53. The monoisotopic (exact) mass is 273 g/mol. The van der Waals surface area contributed by atoms with E-state index in [0.717, 1.165) is 11.1 Å². The largest absolute Gasteiger partial charge is 0.378 e. The summed E-state index contributed by atoms with van der Waals surface area (Å²) in [6, 6.07) is 7.92. The summed E-state index contributed by atoms with van der Waals surface area (Å²) in [7, 11) is 1.73. The highest BCUT2D eigenvalue weighted by atomic mass is 16.6. The van der Waals surface area contributed by atoms with Crippen LogP contribution < -0.4 is 10.6 Å². The number of nitrogens with two attached hydrogens (primary N) is 1. The van der Waals surface area contributed by atoms with Gasteiger partial charge in [0, 0.05) is 13.6 Å². The topological polar surface area (TPSA) is 98.2 Å². The van der Waals surface area contributed by atoms with Crippen LogP contribution in [0.15, 0.2) is 30.6 Å². The number of aromatic nitrogens is 2. The highest BCUT2D eigenvalue weighted by Gasteiger charge is 2.23. The summed E-state index contributed by atoms with van der Waals surface area (Å²) in [5.41, 5.74) is 7.47. The Hall–Kier alpha value is -2.70. The van der Waals surface area contributed by atoms with Crippen molar-refractivity contribution in [2.24, 2.45) is 0 Å². The fourth-order valence-corrected chi connectivity index (χ4v) is 2.00. The number of nitrogens with zero attached hydrogens (tertiary/aromatic N) is 4. The first-order chi connectivity index (χ1) is 9.49. The number of hydrogen-bond acceptors (Lipinski definition) is 6. The lowest BCUT2D eigenvalue weighted by atomic mass is 10.1. The average molecular weight is 273 g/mol. The van der Waals surface area contributed by atoms with Gasteiger partial charge >= 0.3 is 5.69 Å². The van der Waals surface area contributed by atoms with Crippen molar-refractivity contribution in [1.29, 1.82) is 0 Å². The SMILES string of the molecule is Cc1cccc(CN(C)c2ncnc(N)c2[N+](=O)[O-])c1. The number of hydrogen-bond donors (Lipinski definition) is 1. The smallest absolute Gasteiger partial charge is 0.353 e. The van der Waals surface area contributed by atoms with Crippen molar-refractivity contribution in [3.8, 4) is 0 Å². The number of aryl methyl sites for hydroxylation is 1. The third-order valence-corrected chi connectivity index (χ3v) is 2.88. The summed E-state index contributed by atoms with van der Waals surface area (Å²) in [5.74, 6) is 0.0834. The molecule has 2 N–H and O–H groups in total. The molecule has 0 aliphatic heterocycles. The van der Waals surface area contributed by atoms with Crippen molar-refractivity contribution in [2.75, 3.05) is 17.7 Å². The van der Waals surface area contributed by atoms with E-state index in [1.165, 1.54) is 6.33 Å². The van der Waals surface area contributed by atoms with Gasteiger partial charge in [0.2, 0.25) is 11.6 Å². The second kappa shape index (κ2) is 5.52. The standard InChI is InChI=1S/C13H15N5O2/c1-9-4-3-5-10(6-9)7-17(2)13-11(18(19)20)12(14)15-8-16-13/h3-6,8H,7H2,1-2H3,(H2,14,15,16). The van der Waals surface area contributed by atoms with Crippen LogP contribution in [0.1, 0.15) is 11.1 Å². The molecule has 7 heteroatoms. The van der Waals surface area contributed by atoms with E-state index in [2.05, 4.69) is 9.97 Å². The van der Waals surface area contributed by atoms with Crippen molar-refractivity contribution >= 4 is 17.3 Å². The summed E-state index contributed by atoms with van der Waals surface area (Å²) in [4.78, 5) is 19.8. The fourth-order valence-electron chi connectivity index (χ4n) is 2.00. The average Bonchev–Trinajstić information content (AvgIpc) is 2.37. The van der Waals surface area contributed by atoms with Crippen molar-refractivity contribution in [1.82, 2.24) is 9.97 Å². The lowest BCUT2D eigenvalue weighted by molar-refractivity contribution is -0.383. The Morgan fingerprint density at radius 3 is 2.80 bits per heavy atom. The van der Waals surface area contributed by atoms with E-state index in [9.17, 15) is 10.1 Å². The molecule has 1 aromatic carbocycles. The van der Waals surface area contributed by atoms with Crippen LogP contribution in [0.25, 0.3) is 0 Å². The Balaban J connectivity index is 2.32. The number of rotatable bonds is 4. The first-order valence-corrected chi connectivity index (χ1v) is 6.00. The van der Waals surface area contributed by atoms with Crippen LogP contribution in [0.4, 0.5) is 17.3 Å². The first-order valence-electron chi connectivity index (χ1n) is 6.00. The molecule has 0 bridgehead atoms. The second-order valence-electron chi connectivity index (χ2n) is 4.53. The number of anilines is 2. The van der Waals surface area contributed by atoms with Gasteiger partial charge in [-0.05, 0) is 12.5 Å². The van der Waals surface area contributed by atoms with E-state index in [1.807, 2.05) is 31.2 Å². The van der Waals surface area contributed by atoms with Gasteiger partial charge in [-0.2, -0.15) is 0 Å². The Kier molecular flexibility index (Phi) is 3.79. The molecule has 0 aliphatic carbocycles. The number of nitrogen functional groups attached to an aromatic ring is 1. The maximum absolute atomic E-state index is 11.1. The summed E-state index contributed by atoms with van der Waals surface area (Å²) in [6.45, 7) is 2.49. The summed E-state index contributed by atoms with van der Waals surface area (Å²) in [5, 5.41) is 11.1. The van der Waals surface area contributed by atoms with E-state index in [0.29, 0.717) is 6.54 Å². The van der Waals surface area contributed by atoms with Crippen LogP contribution in [-0.4, -0.2) is 21.9 Å². The molecule has 1 heterocycles. The highest BCUT2D eigenvalue weighted by molar-refractivity contribution is 5.68. The number of nitro groups is 1. The molecule has 20 heavy (non-hydrogen) atoms. The molecule has 0 atom stereocenters. The Morgan fingerprint density at radius 2 is 2.15 bits per heavy atom. The van der Waals surface area contributed by atoms with Crippen LogP contribution in [0.5, 0.6) is 0 Å². The number of benzene rings is 1. The van der Waals surface area contributed by atoms with Gasteiger partial charge in [0.25, 0.3) is 0 Å². The van der Waals surface area contributed by atoms with Crippen molar-refractivity contribution in [3.05, 3.63) is 51.8 Å². The van der Waals surface area contributed by atoms with Crippen LogP contribution in [0.2, 0.25) is 0 Å². The molecular formula is C13H15N5O2. The maximum Gasteiger partial charge on any atom is 0.353 e. The van der Waals surface area contributed by atoms with Gasteiger partial charge in [-0.15, -0.1) is 0 Å². The molecule has 1 aromatic heterocycles. The quantitative estimate of drug-likeness (QED) is 0.675. The zero-order valence-corrected chi connectivity index (χ0v) is 11.3. The first kappa shape index (κ1) is 13.7. The third kappa shape index (κ3) is 2.82. The van der Waals surface area contributed by atoms with Gasteiger partial charge in [0.05, 0.1) is 4.92 Å². The van der Waals surface area contributed by atoms with Crippen LogP contribution >= 0.6 is 0 Å². The van der Waals surface area contributed by atoms with Gasteiger partial charge in [0.15, 0.2) is 0 Å². The molecule has 0 radical (unpaired) electrons. The molecule has 0 unspecified atom stereocenters. The fraction of sp³-hybridized carbons (Fsp3) is 0.231. The molecule has 0 spiro atoms. The van der Waals surface area contributed by atoms with E-state index < -0.39 is 4.92 Å². The minimum Gasteiger partial charge on any atom is -0.378 e. The van der Waals surface area contributed by atoms with Gasteiger partial charge < -0.3 is 10.6 Å². The maximum atomic E-state index is 11.1. The molecule has 0 aliphatic rings. The predicted octanol–water partition coefficient (Wildman–Crippen LogP) is 1.91. The van der Waals surface area contributed by atoms with Gasteiger partial charge in [-0.25, -0.2) is 9.97 Å². The molecular weight excluding hydrogens is 258 g/mol. The van der Waals surface area contributed by atoms with Gasteiger partial charge in [-0.1, -0.05) is 29.8 Å². The lowest BCUT2D eigenvalue weighted by Gasteiger charge is -2.18. The minimum absolute atomic E-state index is 0.129. The van der Waals surface area contributed by atoms with Crippen LogP contribution in [0, 0.1) is 17.0 Å². The van der Waals surface area contributed by atoms with E-state index in [-0.39, 0.29) is 17.3 Å². The molecule has 7 nitrogen and oxygen atoms in total. The Labute approximate surface area is 116 Å². The molecule has 2 rings (SSSR count). The predicted molar refractivity (Wildman–Crippen MR) is 76.4 cm³/mol. The van der Waals surface area contributed by atoms with Crippen molar-refractivity contribution in [2.45, 2.75) is 13.5 Å². The zero-order chi connectivity index (χ0) is 14.7. The van der Waals surface area contributed by atoms with E-state index in [1.54, 1.807) is 11.9 Å². The highest BCUT2D eigenvalue weighted by Crippen LogP contribution is 2.29. The van der Waals surface area contributed by atoms with E-state index >= 15 is 0 Å². The molecule has 104 valence electrons. The normalized spacial score (nSPS) is 10.3. The van der Waals surface area contributed by atoms with Gasteiger partial charge in [-0.3, -0.25) is 10.1 Å². The zero-order valence-electron chi connectivity index (χ0n) is 11.3. The van der Waals surface area contributed by atoms with Crippen LogP contribution in [-0.2, 0) is 6.54 Å². The molecule has 0 saturated heterocycles. The Bertz CT molecular complexity index is 644. The summed E-state index contributed by atoms with van der Waals surface area (Å²) in [6.07, 6.45) is 1.23. The molecule has 2 aromatic rings. The summed E-state index contributed by atoms with van der Waals surface area (Å²) >= 11 is 0. The van der Waals surface area contributed by atoms with Crippen molar-refractivity contribution in [3.63, 3.8) is 0 Å². The van der Waals surface area contributed by atoms with Crippen LogP contribution in [0.3, 0.4) is 0 Å². The Morgan fingerprint density at radius 1 is 1.40 bits per heavy atom. The molecule has 0 fully saturated rings. The molecule has 0 amide bonds. The van der Waals surface area contributed by atoms with Gasteiger partial charge in [0.1, 0.15) is 6.33 Å². The van der Waals surface area contributed by atoms with Crippen molar-refractivity contribution < 1.29 is 4.92 Å². The lowest BCUT2D eigenvalue weighted by Crippen LogP contribution is -2.20.